The van der Waals surface area contributed by atoms with E-state index in [9.17, 15) is 0 Å². The molecule has 2 aliphatic rings. The Kier molecular flexibility index (Phi) is 3.59. The van der Waals surface area contributed by atoms with Gasteiger partial charge in [-0.1, -0.05) is 36.4 Å². The van der Waals surface area contributed by atoms with E-state index in [0.29, 0.717) is 5.54 Å². The van der Waals surface area contributed by atoms with E-state index in [2.05, 4.69) is 51.6 Å². The van der Waals surface area contributed by atoms with Gasteiger partial charge in [-0.25, -0.2) is 4.98 Å². The number of hydrogen-bond acceptors (Lipinski definition) is 3. The zero-order valence-electron chi connectivity index (χ0n) is 12.9. The summed E-state index contributed by atoms with van der Waals surface area (Å²) in [5, 5.41) is 3.57. The number of nitrogens with zero attached hydrogens (tertiary/aromatic N) is 2. The predicted molar refractivity (Wildman–Crippen MR) is 89.7 cm³/mol. The van der Waals surface area contributed by atoms with E-state index in [1.807, 2.05) is 18.3 Å². The van der Waals surface area contributed by atoms with Crippen LogP contribution in [0.5, 0.6) is 0 Å². The van der Waals surface area contributed by atoms with E-state index in [0.717, 1.165) is 24.9 Å². The second-order valence-corrected chi connectivity index (χ2v) is 6.64. The molecule has 4 rings (SSSR count). The lowest BCUT2D eigenvalue weighted by molar-refractivity contribution is 0.156. The summed E-state index contributed by atoms with van der Waals surface area (Å²) in [7, 11) is 0. The van der Waals surface area contributed by atoms with Gasteiger partial charge in [0.25, 0.3) is 0 Å². The van der Waals surface area contributed by atoms with Gasteiger partial charge in [-0.05, 0) is 43.4 Å². The summed E-state index contributed by atoms with van der Waals surface area (Å²) in [4.78, 5) is 7.15. The molecule has 1 aromatic carbocycles. The molecule has 0 aliphatic carbocycles. The number of pyridine rings is 1. The summed E-state index contributed by atoms with van der Waals surface area (Å²) in [6.45, 7) is 2.09. The molecule has 2 aromatic rings. The number of anilines is 1. The Morgan fingerprint density at radius 1 is 1.05 bits per heavy atom. The molecule has 0 radical (unpaired) electrons. The Hall–Kier alpha value is -1.87. The molecule has 0 unspecified atom stereocenters. The number of benzene rings is 1. The van der Waals surface area contributed by atoms with Gasteiger partial charge in [0.05, 0.1) is 0 Å². The number of fused-ring (bicyclic) bond motifs is 2. The van der Waals surface area contributed by atoms with Crippen LogP contribution in [0.4, 0.5) is 5.82 Å². The summed E-state index contributed by atoms with van der Waals surface area (Å²) in [5.41, 5.74) is 1.75. The standard InChI is InChI=1S/C19H23N3/c1-2-6-16(7-3-1)14-22-17-9-11-19(22,12-10-17)15-21-18-8-4-5-13-20-18/h1-8,13,17H,9-12,14-15H2,(H,20,21). The fraction of sp³-hybridized carbons (Fsp3) is 0.421. The highest BCUT2D eigenvalue weighted by Crippen LogP contribution is 2.47. The lowest BCUT2D eigenvalue weighted by Gasteiger charge is -2.35. The third kappa shape index (κ3) is 2.50. The van der Waals surface area contributed by atoms with E-state index < -0.39 is 0 Å². The first-order valence-electron chi connectivity index (χ1n) is 8.31. The van der Waals surface area contributed by atoms with E-state index in [4.69, 9.17) is 0 Å². The molecule has 2 fully saturated rings. The van der Waals surface area contributed by atoms with E-state index in [1.165, 1.54) is 31.2 Å². The summed E-state index contributed by atoms with van der Waals surface area (Å²) in [5.74, 6) is 0.992. The van der Waals surface area contributed by atoms with Crippen LogP contribution in [0, 0.1) is 0 Å². The highest BCUT2D eigenvalue weighted by molar-refractivity contribution is 5.34. The van der Waals surface area contributed by atoms with Gasteiger partial charge >= 0.3 is 0 Å². The van der Waals surface area contributed by atoms with Gasteiger partial charge < -0.3 is 5.32 Å². The summed E-state index contributed by atoms with van der Waals surface area (Å²) >= 11 is 0. The molecule has 0 spiro atoms. The molecule has 0 atom stereocenters. The van der Waals surface area contributed by atoms with Crippen molar-refractivity contribution in [2.45, 2.75) is 43.8 Å². The Bertz CT molecular complexity index is 603. The molecule has 3 heteroatoms. The van der Waals surface area contributed by atoms with Crippen molar-refractivity contribution < 1.29 is 0 Å². The second-order valence-electron chi connectivity index (χ2n) is 6.64. The van der Waals surface area contributed by atoms with Crippen LogP contribution >= 0.6 is 0 Å². The highest BCUT2D eigenvalue weighted by Gasteiger charge is 2.51. The van der Waals surface area contributed by atoms with Crippen LogP contribution < -0.4 is 5.32 Å². The summed E-state index contributed by atoms with van der Waals surface area (Å²) in [6.07, 6.45) is 7.16. The Balaban J connectivity index is 1.49. The first-order chi connectivity index (χ1) is 10.9. The lowest BCUT2D eigenvalue weighted by atomic mass is 9.87. The molecule has 2 aliphatic heterocycles. The lowest BCUT2D eigenvalue weighted by Crippen LogP contribution is -2.46. The third-order valence-corrected chi connectivity index (χ3v) is 5.40. The van der Waals surface area contributed by atoms with Crippen LogP contribution in [0.15, 0.2) is 54.7 Å². The monoisotopic (exact) mass is 293 g/mol. The van der Waals surface area contributed by atoms with E-state index in [-0.39, 0.29) is 0 Å². The van der Waals surface area contributed by atoms with Gasteiger partial charge in [-0.15, -0.1) is 0 Å². The summed E-state index contributed by atoms with van der Waals surface area (Å²) in [6, 6.07) is 17.7. The van der Waals surface area contributed by atoms with Crippen molar-refractivity contribution in [1.29, 1.82) is 0 Å². The average molecular weight is 293 g/mol. The van der Waals surface area contributed by atoms with Crippen molar-refractivity contribution in [3.63, 3.8) is 0 Å². The fourth-order valence-corrected chi connectivity index (χ4v) is 4.20. The van der Waals surface area contributed by atoms with E-state index >= 15 is 0 Å². The number of aromatic nitrogens is 1. The van der Waals surface area contributed by atoms with Crippen LogP contribution in [-0.2, 0) is 6.54 Å². The van der Waals surface area contributed by atoms with Gasteiger partial charge in [-0.3, -0.25) is 4.90 Å². The maximum atomic E-state index is 4.40. The molecule has 3 heterocycles. The topological polar surface area (TPSA) is 28.2 Å². The van der Waals surface area contributed by atoms with Crippen molar-refractivity contribution in [3.05, 3.63) is 60.3 Å². The quantitative estimate of drug-likeness (QED) is 0.911. The fourth-order valence-electron chi connectivity index (χ4n) is 4.20. The number of hydrogen-bond donors (Lipinski definition) is 1. The minimum Gasteiger partial charge on any atom is -0.368 e. The zero-order valence-corrected chi connectivity index (χ0v) is 12.9. The minimum absolute atomic E-state index is 0.317. The Labute approximate surface area is 132 Å². The van der Waals surface area contributed by atoms with Gasteiger partial charge in [-0.2, -0.15) is 0 Å². The minimum atomic E-state index is 0.317. The van der Waals surface area contributed by atoms with Crippen LogP contribution in [0.2, 0.25) is 0 Å². The smallest absolute Gasteiger partial charge is 0.125 e. The molecule has 22 heavy (non-hydrogen) atoms. The van der Waals surface area contributed by atoms with Crippen molar-refractivity contribution >= 4 is 5.82 Å². The van der Waals surface area contributed by atoms with Crippen molar-refractivity contribution in [2.75, 3.05) is 11.9 Å². The van der Waals surface area contributed by atoms with Gasteiger partial charge in [0.15, 0.2) is 0 Å². The molecule has 1 aromatic heterocycles. The van der Waals surface area contributed by atoms with Crippen molar-refractivity contribution in [3.8, 4) is 0 Å². The van der Waals surface area contributed by atoms with Crippen LogP contribution in [0.1, 0.15) is 31.2 Å². The molecular formula is C19H23N3. The molecule has 1 N–H and O–H groups in total. The molecule has 0 amide bonds. The van der Waals surface area contributed by atoms with Crippen molar-refractivity contribution in [2.24, 2.45) is 0 Å². The molecule has 3 nitrogen and oxygen atoms in total. The second kappa shape index (κ2) is 5.73. The van der Waals surface area contributed by atoms with Gasteiger partial charge in [0.2, 0.25) is 0 Å². The SMILES string of the molecule is c1ccc(CN2C3CCC2(CNc2ccccn2)CC3)cc1. The van der Waals surface area contributed by atoms with Gasteiger partial charge in [0, 0.05) is 30.9 Å². The van der Waals surface area contributed by atoms with E-state index in [1.54, 1.807) is 0 Å². The molecule has 2 saturated heterocycles. The Morgan fingerprint density at radius 3 is 2.55 bits per heavy atom. The van der Waals surface area contributed by atoms with Crippen LogP contribution in [0.25, 0.3) is 0 Å². The first kappa shape index (κ1) is 13.8. The molecule has 114 valence electrons. The largest absolute Gasteiger partial charge is 0.368 e. The molecular weight excluding hydrogens is 270 g/mol. The van der Waals surface area contributed by atoms with Crippen LogP contribution in [-0.4, -0.2) is 28.0 Å². The molecule has 2 bridgehead atoms. The number of rotatable bonds is 5. The average Bonchev–Trinajstić information content (AvgIpc) is 3.10. The normalized spacial score (nSPS) is 27.2. The third-order valence-electron chi connectivity index (χ3n) is 5.40. The molecule has 0 saturated carbocycles. The zero-order chi connectivity index (χ0) is 14.8. The number of nitrogens with one attached hydrogen (secondary N) is 1. The summed E-state index contributed by atoms with van der Waals surface area (Å²) < 4.78 is 0. The Morgan fingerprint density at radius 2 is 1.82 bits per heavy atom. The maximum absolute atomic E-state index is 4.40. The maximum Gasteiger partial charge on any atom is 0.125 e. The van der Waals surface area contributed by atoms with Gasteiger partial charge in [0.1, 0.15) is 5.82 Å². The first-order valence-corrected chi connectivity index (χ1v) is 8.31. The highest BCUT2D eigenvalue weighted by atomic mass is 15.3. The predicted octanol–water partition coefficient (Wildman–Crippen LogP) is 3.69. The van der Waals surface area contributed by atoms with Crippen LogP contribution in [0.3, 0.4) is 0 Å². The van der Waals surface area contributed by atoms with Crippen molar-refractivity contribution in [1.82, 2.24) is 9.88 Å².